The molecule has 0 heterocycles. The van der Waals surface area contributed by atoms with Gasteiger partial charge in [0.2, 0.25) is 0 Å². The van der Waals surface area contributed by atoms with Gasteiger partial charge in [-0.3, -0.25) is 0 Å². The van der Waals surface area contributed by atoms with Gasteiger partial charge in [0, 0.05) is 11.4 Å². The van der Waals surface area contributed by atoms with Gasteiger partial charge in [-0.05, 0) is 43.4 Å². The summed E-state index contributed by atoms with van der Waals surface area (Å²) in [5.74, 6) is 0.451. The Morgan fingerprint density at radius 3 is 2.35 bits per heavy atom. The zero-order valence-electron chi connectivity index (χ0n) is 10.5. The van der Waals surface area contributed by atoms with E-state index in [4.69, 9.17) is 11.6 Å². The normalized spacial score (nSPS) is 21.1. The molecule has 0 saturated heterocycles. The lowest BCUT2D eigenvalue weighted by atomic mass is 9.75. The van der Waals surface area contributed by atoms with Crippen LogP contribution in [0.2, 0.25) is 5.02 Å². The van der Waals surface area contributed by atoms with Crippen molar-refractivity contribution in [3.63, 3.8) is 0 Å². The van der Waals surface area contributed by atoms with E-state index < -0.39 is 5.60 Å². The predicted molar refractivity (Wildman–Crippen MR) is 72.4 cm³/mol. The van der Waals surface area contributed by atoms with Crippen molar-refractivity contribution in [2.24, 2.45) is 5.92 Å². The third-order valence-electron chi connectivity index (χ3n) is 3.96. The van der Waals surface area contributed by atoms with E-state index in [1.807, 2.05) is 31.2 Å². The Balaban J connectivity index is 2.02. The average molecular weight is 253 g/mol. The monoisotopic (exact) mass is 252 g/mol. The van der Waals surface area contributed by atoms with Crippen molar-refractivity contribution in [1.29, 1.82) is 0 Å². The Morgan fingerprint density at radius 1 is 1.18 bits per heavy atom. The molecule has 1 aromatic rings. The van der Waals surface area contributed by atoms with Crippen LogP contribution >= 0.6 is 11.6 Å². The van der Waals surface area contributed by atoms with Crippen LogP contribution < -0.4 is 0 Å². The van der Waals surface area contributed by atoms with E-state index >= 15 is 0 Å². The standard InChI is InChI=1S/C15H21ClO/c1-15(17,13-5-3-2-4-6-13)11-12-7-9-14(16)10-8-12/h7-10,13,17H,2-6,11H2,1H3. The maximum atomic E-state index is 10.6. The van der Waals surface area contributed by atoms with Crippen LogP contribution in [-0.4, -0.2) is 10.7 Å². The molecule has 1 unspecified atom stereocenters. The van der Waals surface area contributed by atoms with Gasteiger partial charge in [-0.15, -0.1) is 0 Å². The maximum Gasteiger partial charge on any atom is 0.0687 e. The molecule has 0 aliphatic heterocycles. The van der Waals surface area contributed by atoms with E-state index in [0.29, 0.717) is 5.92 Å². The highest BCUT2D eigenvalue weighted by Gasteiger charge is 2.32. The molecule has 1 aromatic carbocycles. The first kappa shape index (κ1) is 12.9. The van der Waals surface area contributed by atoms with Crippen molar-refractivity contribution >= 4 is 11.6 Å². The summed E-state index contributed by atoms with van der Waals surface area (Å²) in [4.78, 5) is 0. The van der Waals surface area contributed by atoms with Crippen LogP contribution in [0.5, 0.6) is 0 Å². The molecule has 1 aliphatic carbocycles. The molecule has 1 aliphatic rings. The topological polar surface area (TPSA) is 20.2 Å². The summed E-state index contributed by atoms with van der Waals surface area (Å²) in [6.07, 6.45) is 6.92. The molecule has 0 radical (unpaired) electrons. The lowest BCUT2D eigenvalue weighted by Crippen LogP contribution is -2.38. The number of hydrogen-bond donors (Lipinski definition) is 1. The van der Waals surface area contributed by atoms with Gasteiger partial charge < -0.3 is 5.11 Å². The van der Waals surface area contributed by atoms with Crippen molar-refractivity contribution < 1.29 is 5.11 Å². The van der Waals surface area contributed by atoms with Crippen molar-refractivity contribution in [1.82, 2.24) is 0 Å². The SMILES string of the molecule is CC(O)(Cc1ccc(Cl)cc1)C1CCCCC1. The summed E-state index contributed by atoms with van der Waals surface area (Å²) >= 11 is 5.87. The largest absolute Gasteiger partial charge is 0.390 e. The lowest BCUT2D eigenvalue weighted by Gasteiger charge is -2.35. The van der Waals surface area contributed by atoms with Gasteiger partial charge in [-0.25, -0.2) is 0 Å². The van der Waals surface area contributed by atoms with Crippen molar-refractivity contribution in [2.45, 2.75) is 51.0 Å². The predicted octanol–water partition coefficient (Wildman–Crippen LogP) is 4.21. The highest BCUT2D eigenvalue weighted by atomic mass is 35.5. The van der Waals surface area contributed by atoms with Gasteiger partial charge in [0.05, 0.1) is 5.60 Å². The van der Waals surface area contributed by atoms with Gasteiger partial charge in [-0.2, -0.15) is 0 Å². The molecule has 0 aromatic heterocycles. The van der Waals surface area contributed by atoms with Gasteiger partial charge >= 0.3 is 0 Å². The van der Waals surface area contributed by atoms with E-state index in [1.54, 1.807) is 0 Å². The number of rotatable bonds is 3. The Labute approximate surface area is 109 Å². The first-order valence-electron chi connectivity index (χ1n) is 6.55. The zero-order chi connectivity index (χ0) is 12.3. The van der Waals surface area contributed by atoms with Gasteiger partial charge in [0.15, 0.2) is 0 Å². The molecule has 2 rings (SSSR count). The second kappa shape index (κ2) is 5.41. The van der Waals surface area contributed by atoms with Crippen molar-refractivity contribution in [3.8, 4) is 0 Å². The van der Waals surface area contributed by atoms with Crippen LogP contribution in [0, 0.1) is 5.92 Å². The second-order valence-corrected chi connectivity index (χ2v) is 5.93. The number of halogens is 1. The molecule has 2 heteroatoms. The summed E-state index contributed by atoms with van der Waals surface area (Å²) < 4.78 is 0. The van der Waals surface area contributed by atoms with E-state index in [1.165, 1.54) is 37.7 Å². The molecule has 17 heavy (non-hydrogen) atoms. The van der Waals surface area contributed by atoms with Crippen LogP contribution in [-0.2, 0) is 6.42 Å². The lowest BCUT2D eigenvalue weighted by molar-refractivity contribution is -0.0159. The van der Waals surface area contributed by atoms with Gasteiger partial charge in [0.1, 0.15) is 0 Å². The maximum absolute atomic E-state index is 10.6. The quantitative estimate of drug-likeness (QED) is 0.854. The third-order valence-corrected chi connectivity index (χ3v) is 4.21. The van der Waals surface area contributed by atoms with Gasteiger partial charge in [0.25, 0.3) is 0 Å². The third kappa shape index (κ3) is 3.46. The van der Waals surface area contributed by atoms with Crippen LogP contribution in [0.3, 0.4) is 0 Å². The Hall–Kier alpha value is -0.530. The first-order valence-corrected chi connectivity index (χ1v) is 6.92. The Morgan fingerprint density at radius 2 is 1.76 bits per heavy atom. The van der Waals surface area contributed by atoms with Crippen LogP contribution in [0.4, 0.5) is 0 Å². The molecule has 94 valence electrons. The Kier molecular flexibility index (Phi) is 4.11. The Bertz CT molecular complexity index is 350. The minimum atomic E-state index is -0.575. The molecule has 1 nitrogen and oxygen atoms in total. The van der Waals surface area contributed by atoms with Crippen molar-refractivity contribution in [2.75, 3.05) is 0 Å². The number of aliphatic hydroxyl groups is 1. The molecular weight excluding hydrogens is 232 g/mol. The summed E-state index contributed by atoms with van der Waals surface area (Å²) in [7, 11) is 0. The van der Waals surface area contributed by atoms with E-state index in [-0.39, 0.29) is 0 Å². The van der Waals surface area contributed by atoms with E-state index in [0.717, 1.165) is 11.4 Å². The van der Waals surface area contributed by atoms with Crippen molar-refractivity contribution in [3.05, 3.63) is 34.9 Å². The molecule has 1 saturated carbocycles. The fraction of sp³-hybridized carbons (Fsp3) is 0.600. The summed E-state index contributed by atoms with van der Waals surface area (Å²) in [6, 6.07) is 7.82. The second-order valence-electron chi connectivity index (χ2n) is 5.50. The van der Waals surface area contributed by atoms with Gasteiger partial charge in [-0.1, -0.05) is 43.0 Å². The fourth-order valence-corrected chi connectivity index (χ4v) is 3.01. The summed E-state index contributed by atoms with van der Waals surface area (Å²) in [5, 5.41) is 11.4. The smallest absolute Gasteiger partial charge is 0.0687 e. The minimum absolute atomic E-state index is 0.451. The molecule has 0 spiro atoms. The average Bonchev–Trinajstić information content (AvgIpc) is 2.33. The molecule has 1 atom stereocenters. The first-order chi connectivity index (χ1) is 8.08. The fourth-order valence-electron chi connectivity index (χ4n) is 2.88. The highest BCUT2D eigenvalue weighted by Crippen LogP contribution is 2.34. The molecule has 0 bridgehead atoms. The zero-order valence-corrected chi connectivity index (χ0v) is 11.2. The minimum Gasteiger partial charge on any atom is -0.390 e. The molecule has 1 fully saturated rings. The van der Waals surface area contributed by atoms with E-state index in [2.05, 4.69) is 0 Å². The van der Waals surface area contributed by atoms with Crippen LogP contribution in [0.1, 0.15) is 44.6 Å². The molecular formula is C15H21ClO. The van der Waals surface area contributed by atoms with E-state index in [9.17, 15) is 5.11 Å². The number of benzene rings is 1. The number of hydrogen-bond acceptors (Lipinski definition) is 1. The summed E-state index contributed by atoms with van der Waals surface area (Å²) in [5.41, 5.74) is 0.596. The highest BCUT2D eigenvalue weighted by molar-refractivity contribution is 6.30. The van der Waals surface area contributed by atoms with Crippen LogP contribution in [0.15, 0.2) is 24.3 Å². The molecule has 1 N–H and O–H groups in total. The van der Waals surface area contributed by atoms with Crippen LogP contribution in [0.25, 0.3) is 0 Å². The molecule has 0 amide bonds. The summed E-state index contributed by atoms with van der Waals surface area (Å²) in [6.45, 7) is 1.98.